The SMILES string of the molecule is NC(=O)c1cc(Oc2ccc(F)cc2Cl)c(F)cc1N. The van der Waals surface area contributed by atoms with Crippen LogP contribution in [0.15, 0.2) is 30.3 Å². The maximum atomic E-state index is 13.7. The molecule has 0 spiro atoms. The summed E-state index contributed by atoms with van der Waals surface area (Å²) in [5.74, 6) is -2.43. The number of hydrogen-bond acceptors (Lipinski definition) is 3. The van der Waals surface area contributed by atoms with E-state index in [4.69, 9.17) is 27.8 Å². The molecule has 7 heteroatoms. The third kappa shape index (κ3) is 2.80. The zero-order valence-corrected chi connectivity index (χ0v) is 10.7. The lowest BCUT2D eigenvalue weighted by molar-refractivity contribution is 0.100. The van der Waals surface area contributed by atoms with Crippen molar-refractivity contribution in [2.45, 2.75) is 0 Å². The van der Waals surface area contributed by atoms with Crippen molar-refractivity contribution in [3.8, 4) is 11.5 Å². The fourth-order valence-corrected chi connectivity index (χ4v) is 1.74. The third-order valence-corrected chi connectivity index (χ3v) is 2.78. The summed E-state index contributed by atoms with van der Waals surface area (Å²) < 4.78 is 31.8. The van der Waals surface area contributed by atoms with Gasteiger partial charge in [0.25, 0.3) is 5.91 Å². The topological polar surface area (TPSA) is 78.3 Å². The first kappa shape index (κ1) is 14.1. The summed E-state index contributed by atoms with van der Waals surface area (Å²) in [5.41, 5.74) is 10.4. The summed E-state index contributed by atoms with van der Waals surface area (Å²) in [6, 6.07) is 5.32. The minimum atomic E-state index is -0.822. The normalized spacial score (nSPS) is 10.3. The first-order chi connectivity index (χ1) is 9.38. The minimum absolute atomic E-state index is 0.0344. The van der Waals surface area contributed by atoms with Crippen LogP contribution in [0.3, 0.4) is 0 Å². The predicted molar refractivity (Wildman–Crippen MR) is 70.8 cm³/mol. The first-order valence-corrected chi connectivity index (χ1v) is 5.78. The van der Waals surface area contributed by atoms with Crippen molar-refractivity contribution < 1.29 is 18.3 Å². The zero-order valence-electron chi connectivity index (χ0n) is 9.99. The van der Waals surface area contributed by atoms with Crippen LogP contribution >= 0.6 is 11.6 Å². The number of hydrogen-bond donors (Lipinski definition) is 2. The molecule has 0 aliphatic heterocycles. The van der Waals surface area contributed by atoms with E-state index in [1.165, 1.54) is 6.07 Å². The molecule has 104 valence electrons. The molecule has 2 rings (SSSR count). The Labute approximate surface area is 117 Å². The van der Waals surface area contributed by atoms with Crippen LogP contribution in [0.4, 0.5) is 14.5 Å². The highest BCUT2D eigenvalue weighted by atomic mass is 35.5. The van der Waals surface area contributed by atoms with Crippen LogP contribution in [-0.2, 0) is 0 Å². The smallest absolute Gasteiger partial charge is 0.250 e. The largest absolute Gasteiger partial charge is 0.453 e. The van der Waals surface area contributed by atoms with Crippen molar-refractivity contribution >= 4 is 23.2 Å². The van der Waals surface area contributed by atoms with E-state index in [1.54, 1.807) is 0 Å². The standard InChI is InChI=1S/C13H9ClF2N2O2/c14-8-3-6(15)1-2-11(8)20-12-4-7(13(18)19)10(17)5-9(12)16/h1-5H,17H2,(H2,18,19). The summed E-state index contributed by atoms with van der Waals surface area (Å²) in [6.07, 6.45) is 0. The van der Waals surface area contributed by atoms with Crippen molar-refractivity contribution in [1.29, 1.82) is 0 Å². The lowest BCUT2D eigenvalue weighted by Crippen LogP contribution is -2.14. The van der Waals surface area contributed by atoms with Gasteiger partial charge in [0.1, 0.15) is 11.6 Å². The fraction of sp³-hybridized carbons (Fsp3) is 0. The number of halogens is 3. The maximum absolute atomic E-state index is 13.7. The Hall–Kier alpha value is -2.34. The van der Waals surface area contributed by atoms with Gasteiger partial charge in [0.2, 0.25) is 0 Å². The van der Waals surface area contributed by atoms with Crippen LogP contribution in [0.1, 0.15) is 10.4 Å². The van der Waals surface area contributed by atoms with Crippen molar-refractivity contribution in [2.75, 3.05) is 5.73 Å². The van der Waals surface area contributed by atoms with Gasteiger partial charge >= 0.3 is 0 Å². The molecule has 0 aromatic heterocycles. The molecular formula is C13H9ClF2N2O2. The average Bonchev–Trinajstić information content (AvgIpc) is 2.35. The Balaban J connectivity index is 2.43. The Morgan fingerprint density at radius 3 is 2.45 bits per heavy atom. The number of primary amides is 1. The van der Waals surface area contributed by atoms with Gasteiger partial charge in [-0.25, -0.2) is 8.78 Å². The van der Waals surface area contributed by atoms with Crippen LogP contribution < -0.4 is 16.2 Å². The molecule has 0 saturated carbocycles. The molecule has 0 aliphatic rings. The number of rotatable bonds is 3. The monoisotopic (exact) mass is 298 g/mol. The molecular weight excluding hydrogens is 290 g/mol. The molecule has 0 unspecified atom stereocenters. The Bertz CT molecular complexity index is 692. The molecule has 0 aliphatic carbocycles. The molecule has 4 nitrogen and oxygen atoms in total. The van der Waals surface area contributed by atoms with Crippen molar-refractivity contribution in [3.63, 3.8) is 0 Å². The summed E-state index contributed by atoms with van der Waals surface area (Å²) in [6.45, 7) is 0. The molecule has 1 amide bonds. The van der Waals surface area contributed by atoms with Crippen LogP contribution in [0.5, 0.6) is 11.5 Å². The molecule has 0 fully saturated rings. The number of anilines is 1. The molecule has 4 N–H and O–H groups in total. The Morgan fingerprint density at radius 1 is 1.15 bits per heavy atom. The number of benzene rings is 2. The Kier molecular flexibility index (Phi) is 3.76. The van der Waals surface area contributed by atoms with E-state index in [0.717, 1.165) is 24.3 Å². The van der Waals surface area contributed by atoms with Crippen LogP contribution in [0.2, 0.25) is 5.02 Å². The van der Waals surface area contributed by atoms with Gasteiger partial charge in [-0.05, 0) is 24.3 Å². The Morgan fingerprint density at radius 2 is 1.85 bits per heavy atom. The average molecular weight is 299 g/mol. The fourth-order valence-electron chi connectivity index (χ4n) is 1.54. The highest BCUT2D eigenvalue weighted by Gasteiger charge is 2.14. The number of amides is 1. The first-order valence-electron chi connectivity index (χ1n) is 5.40. The highest BCUT2D eigenvalue weighted by molar-refractivity contribution is 6.32. The summed E-state index contributed by atoms with van der Waals surface area (Å²) in [5, 5.41) is -0.0400. The third-order valence-electron chi connectivity index (χ3n) is 2.48. The summed E-state index contributed by atoms with van der Waals surface area (Å²) in [7, 11) is 0. The van der Waals surface area contributed by atoms with Gasteiger partial charge in [0, 0.05) is 11.8 Å². The van der Waals surface area contributed by atoms with Gasteiger partial charge in [0.05, 0.1) is 10.6 Å². The minimum Gasteiger partial charge on any atom is -0.453 e. The van der Waals surface area contributed by atoms with Gasteiger partial charge in [-0.1, -0.05) is 11.6 Å². The lowest BCUT2D eigenvalue weighted by Gasteiger charge is -2.11. The molecule has 0 radical (unpaired) electrons. The van der Waals surface area contributed by atoms with E-state index in [-0.39, 0.29) is 27.8 Å². The van der Waals surface area contributed by atoms with Gasteiger partial charge in [0.15, 0.2) is 11.6 Å². The molecule has 2 aromatic rings. The molecule has 20 heavy (non-hydrogen) atoms. The molecule has 0 saturated heterocycles. The van der Waals surface area contributed by atoms with Gasteiger partial charge in [-0.15, -0.1) is 0 Å². The number of ether oxygens (including phenoxy) is 1. The van der Waals surface area contributed by atoms with Crippen molar-refractivity contribution in [1.82, 2.24) is 0 Å². The van der Waals surface area contributed by atoms with Crippen LogP contribution in [-0.4, -0.2) is 5.91 Å². The maximum Gasteiger partial charge on any atom is 0.250 e. The van der Waals surface area contributed by atoms with E-state index in [1.807, 2.05) is 0 Å². The van der Waals surface area contributed by atoms with Crippen LogP contribution in [0, 0.1) is 11.6 Å². The summed E-state index contributed by atoms with van der Waals surface area (Å²) >= 11 is 5.76. The van der Waals surface area contributed by atoms with Gasteiger partial charge in [-0.2, -0.15) is 0 Å². The highest BCUT2D eigenvalue weighted by Crippen LogP contribution is 2.33. The second kappa shape index (κ2) is 5.34. The molecule has 0 bridgehead atoms. The van der Waals surface area contributed by atoms with Crippen LogP contribution in [0.25, 0.3) is 0 Å². The van der Waals surface area contributed by atoms with Crippen molar-refractivity contribution in [2.24, 2.45) is 5.73 Å². The van der Waals surface area contributed by atoms with Crippen molar-refractivity contribution in [3.05, 3.63) is 52.6 Å². The summed E-state index contributed by atoms with van der Waals surface area (Å²) in [4.78, 5) is 11.1. The molecule has 0 atom stereocenters. The van der Waals surface area contributed by atoms with Gasteiger partial charge < -0.3 is 16.2 Å². The second-order valence-electron chi connectivity index (χ2n) is 3.91. The van der Waals surface area contributed by atoms with Gasteiger partial charge in [-0.3, -0.25) is 4.79 Å². The quantitative estimate of drug-likeness (QED) is 0.855. The van der Waals surface area contributed by atoms with E-state index >= 15 is 0 Å². The molecule has 2 aromatic carbocycles. The zero-order chi connectivity index (χ0) is 14.9. The number of carbonyl (C=O) groups excluding carboxylic acids is 1. The van der Waals surface area contributed by atoms with E-state index < -0.39 is 17.5 Å². The van der Waals surface area contributed by atoms with E-state index in [0.29, 0.717) is 0 Å². The van der Waals surface area contributed by atoms with E-state index in [9.17, 15) is 13.6 Å². The second-order valence-corrected chi connectivity index (χ2v) is 4.32. The van der Waals surface area contributed by atoms with E-state index in [2.05, 4.69) is 0 Å². The lowest BCUT2D eigenvalue weighted by atomic mass is 10.1. The number of carbonyl (C=O) groups is 1. The number of nitrogen functional groups attached to an aromatic ring is 1. The predicted octanol–water partition coefficient (Wildman–Crippen LogP) is 3.09. The molecule has 0 heterocycles. The number of nitrogens with two attached hydrogens (primary N) is 2.